The molecule has 0 radical (unpaired) electrons. The van der Waals surface area contributed by atoms with Crippen molar-refractivity contribution in [1.82, 2.24) is 9.47 Å². The largest absolute Gasteiger partial charge is 0.493 e. The molecular formula is C39H44F3N3O8. The lowest BCUT2D eigenvalue weighted by atomic mass is 9.74. The Labute approximate surface area is 305 Å². The Morgan fingerprint density at radius 2 is 1.60 bits per heavy atom. The van der Waals surface area contributed by atoms with E-state index in [0.29, 0.717) is 49.7 Å². The summed E-state index contributed by atoms with van der Waals surface area (Å²) < 4.78 is 66.5. The van der Waals surface area contributed by atoms with E-state index in [-0.39, 0.29) is 47.2 Å². The van der Waals surface area contributed by atoms with Gasteiger partial charge < -0.3 is 33.9 Å². The van der Waals surface area contributed by atoms with Crippen LogP contribution in [0.3, 0.4) is 0 Å². The molecule has 2 N–H and O–H groups in total. The van der Waals surface area contributed by atoms with E-state index in [9.17, 15) is 25.1 Å². The number of non-ortho nitro benzene ring substituents is 1. The predicted molar refractivity (Wildman–Crippen MR) is 191 cm³/mol. The lowest BCUT2D eigenvalue weighted by molar-refractivity contribution is -0.384. The third-order valence-corrected chi connectivity index (χ3v) is 10.9. The number of nitro benzene ring substituents is 1. The number of aliphatic hydroxyl groups is 1. The van der Waals surface area contributed by atoms with Gasteiger partial charge in [-0.2, -0.15) is 13.2 Å². The van der Waals surface area contributed by atoms with Crippen molar-refractivity contribution in [3.8, 4) is 17.2 Å². The van der Waals surface area contributed by atoms with Crippen LogP contribution in [0.2, 0.25) is 0 Å². The van der Waals surface area contributed by atoms with Crippen molar-refractivity contribution in [2.75, 3.05) is 33.9 Å². The average Bonchev–Trinajstić information content (AvgIpc) is 3.92. The number of aliphatic carboxylic acids is 1. The molecule has 1 saturated carbocycles. The van der Waals surface area contributed by atoms with Crippen LogP contribution < -0.4 is 14.2 Å². The van der Waals surface area contributed by atoms with E-state index < -0.39 is 46.0 Å². The minimum Gasteiger partial charge on any atom is -0.493 e. The smallest absolute Gasteiger partial charge is 0.400 e. The van der Waals surface area contributed by atoms with Crippen LogP contribution in [0.25, 0.3) is 10.9 Å². The van der Waals surface area contributed by atoms with Crippen LogP contribution in [-0.2, 0) is 16.8 Å². The number of carboxylic acid groups (broad SMARTS) is 1. The Balaban J connectivity index is 1.28. The summed E-state index contributed by atoms with van der Waals surface area (Å²) in [4.78, 5) is 24.8. The fraction of sp³-hybridized carbons (Fsp3) is 0.462. The van der Waals surface area contributed by atoms with Crippen molar-refractivity contribution in [3.63, 3.8) is 0 Å². The Hall–Kier alpha value is -4.82. The number of alkyl halides is 3. The number of aliphatic hydroxyl groups excluding tert-OH is 1. The normalized spacial score (nSPS) is 17.7. The van der Waals surface area contributed by atoms with Gasteiger partial charge in [-0.1, -0.05) is 30.3 Å². The second-order valence-electron chi connectivity index (χ2n) is 14.6. The van der Waals surface area contributed by atoms with Crippen molar-refractivity contribution in [2.45, 2.75) is 69.9 Å². The first-order valence-corrected chi connectivity index (χ1v) is 17.6. The van der Waals surface area contributed by atoms with E-state index in [2.05, 4.69) is 0 Å². The van der Waals surface area contributed by atoms with Crippen LogP contribution in [0, 0.1) is 21.4 Å². The fourth-order valence-electron chi connectivity index (χ4n) is 7.56. The maximum absolute atomic E-state index is 15.8. The van der Waals surface area contributed by atoms with Crippen molar-refractivity contribution < 1.29 is 47.3 Å². The van der Waals surface area contributed by atoms with Gasteiger partial charge >= 0.3 is 12.1 Å². The topological polar surface area (TPSA) is 137 Å². The lowest BCUT2D eigenvalue weighted by Gasteiger charge is -2.42. The van der Waals surface area contributed by atoms with Gasteiger partial charge in [0.15, 0.2) is 11.5 Å². The molecular weight excluding hydrogens is 695 g/mol. The Morgan fingerprint density at radius 1 is 0.981 bits per heavy atom. The highest BCUT2D eigenvalue weighted by Crippen LogP contribution is 2.58. The Bertz CT molecular complexity index is 1940. The number of carbonyl (C=O) groups is 1. The molecule has 0 bridgehead atoms. The number of nitrogens with zero attached hydrogens (tertiary/aromatic N) is 3. The number of piperidine rings is 1. The van der Waals surface area contributed by atoms with E-state index >= 15 is 13.2 Å². The summed E-state index contributed by atoms with van der Waals surface area (Å²) in [5.41, 5.74) is -2.27. The molecule has 2 heterocycles. The van der Waals surface area contributed by atoms with Crippen LogP contribution in [0.4, 0.5) is 18.9 Å². The minimum atomic E-state index is -4.61. The summed E-state index contributed by atoms with van der Waals surface area (Å²) in [6.07, 6.45) is -3.18. The molecule has 11 nitrogen and oxygen atoms in total. The summed E-state index contributed by atoms with van der Waals surface area (Å²) >= 11 is 0. The number of halogens is 3. The monoisotopic (exact) mass is 739 g/mol. The molecule has 14 heteroatoms. The van der Waals surface area contributed by atoms with Gasteiger partial charge in [0.25, 0.3) is 5.69 Å². The summed E-state index contributed by atoms with van der Waals surface area (Å²) in [6, 6.07) is 16.4. The zero-order valence-corrected chi connectivity index (χ0v) is 30.1. The first kappa shape index (κ1) is 37.9. The SMILES string of the molecule is COc1cc(C(O)C(C)(C)C(=O)O)cc(OC)c1OC1CCN(CC(c2cn(Cc3ccccc3)c3cc([N+](=O)[O-])ccc23)(C2CC2)C(F)(F)F)CC1. The molecule has 1 aliphatic carbocycles. The number of rotatable bonds is 14. The molecule has 6 rings (SSSR count). The highest BCUT2D eigenvalue weighted by Gasteiger charge is 2.64. The number of fused-ring (bicyclic) bond motifs is 1. The van der Waals surface area contributed by atoms with Crippen LogP contribution >= 0.6 is 0 Å². The number of hydrogen-bond donors (Lipinski definition) is 2. The van der Waals surface area contributed by atoms with Gasteiger partial charge in [-0.15, -0.1) is 0 Å². The van der Waals surface area contributed by atoms with Gasteiger partial charge in [-0.05, 0) is 80.3 Å². The van der Waals surface area contributed by atoms with Crippen molar-refractivity contribution in [1.29, 1.82) is 0 Å². The molecule has 53 heavy (non-hydrogen) atoms. The molecule has 2 atom stereocenters. The van der Waals surface area contributed by atoms with Crippen molar-refractivity contribution in [2.24, 2.45) is 11.3 Å². The number of likely N-dealkylation sites (tertiary alicyclic amines) is 1. The van der Waals surface area contributed by atoms with Crippen molar-refractivity contribution >= 4 is 22.6 Å². The van der Waals surface area contributed by atoms with Gasteiger partial charge in [0.05, 0.1) is 36.2 Å². The summed E-state index contributed by atoms with van der Waals surface area (Å²) in [7, 11) is 2.82. The molecule has 1 saturated heterocycles. The minimum absolute atomic E-state index is 0.134. The number of aromatic nitrogens is 1. The van der Waals surface area contributed by atoms with Gasteiger partial charge in [0.1, 0.15) is 11.5 Å². The van der Waals surface area contributed by atoms with Crippen LogP contribution in [0.1, 0.15) is 62.3 Å². The van der Waals surface area contributed by atoms with Gasteiger partial charge in [-0.25, -0.2) is 0 Å². The highest BCUT2D eigenvalue weighted by molar-refractivity contribution is 5.87. The van der Waals surface area contributed by atoms with Gasteiger partial charge in [-0.3, -0.25) is 14.9 Å². The molecule has 1 aliphatic heterocycles. The number of ether oxygens (including phenoxy) is 3. The Kier molecular flexibility index (Phi) is 10.4. The molecule has 2 fully saturated rings. The van der Waals surface area contributed by atoms with E-state index in [4.69, 9.17) is 14.2 Å². The summed E-state index contributed by atoms with van der Waals surface area (Å²) in [6.45, 7) is 3.43. The molecule has 284 valence electrons. The molecule has 2 aliphatic rings. The zero-order chi connectivity index (χ0) is 38.3. The maximum atomic E-state index is 15.8. The first-order valence-electron chi connectivity index (χ1n) is 17.6. The number of methoxy groups -OCH3 is 2. The third-order valence-electron chi connectivity index (χ3n) is 10.9. The van der Waals surface area contributed by atoms with Crippen LogP contribution in [0.5, 0.6) is 17.2 Å². The zero-order valence-electron chi connectivity index (χ0n) is 30.1. The standard InChI is InChI=1S/C39H44F3N3O8/c1-37(2,36(47)48)35(46)25-18-32(51-3)34(33(19-25)52-4)53-28-14-16-43(17-15-28)23-38(26-10-11-26,39(40,41)42)30-22-44(21-24-8-6-5-7-9-24)31-20-27(45(49)50)12-13-29(30)31/h5-9,12-13,18-20,22,26,28,35,46H,10-11,14-17,21,23H2,1-4H3,(H,47,48). The number of nitro groups is 1. The predicted octanol–water partition coefficient (Wildman–Crippen LogP) is 7.51. The van der Waals surface area contributed by atoms with Crippen LogP contribution in [0.15, 0.2) is 66.9 Å². The molecule has 3 aromatic carbocycles. The lowest BCUT2D eigenvalue weighted by Crippen LogP contribution is -2.54. The highest BCUT2D eigenvalue weighted by atomic mass is 19.4. The quantitative estimate of drug-likeness (QED) is 0.0995. The van der Waals surface area contributed by atoms with E-state index in [0.717, 1.165) is 5.56 Å². The third kappa shape index (κ3) is 7.26. The fourth-order valence-corrected chi connectivity index (χ4v) is 7.56. The molecule has 0 amide bonds. The van der Waals surface area contributed by atoms with E-state index in [1.807, 2.05) is 35.2 Å². The van der Waals surface area contributed by atoms with Crippen molar-refractivity contribution in [3.05, 3.63) is 93.7 Å². The van der Waals surface area contributed by atoms with Crippen LogP contribution in [-0.4, -0.2) is 76.7 Å². The number of hydrogen-bond acceptors (Lipinski definition) is 8. The molecule has 1 aromatic heterocycles. The molecule has 2 unspecified atom stereocenters. The van der Waals surface area contributed by atoms with Gasteiger partial charge in [0.2, 0.25) is 5.75 Å². The number of carboxylic acids is 1. The second-order valence-corrected chi connectivity index (χ2v) is 14.6. The summed E-state index contributed by atoms with van der Waals surface area (Å²) in [5, 5.41) is 32.6. The first-order chi connectivity index (χ1) is 25.1. The Morgan fingerprint density at radius 3 is 2.13 bits per heavy atom. The molecule has 4 aromatic rings. The second kappa shape index (κ2) is 14.5. The van der Waals surface area contributed by atoms with Gasteiger partial charge in [0, 0.05) is 49.9 Å². The number of benzene rings is 3. The van der Waals surface area contributed by atoms with E-state index in [1.165, 1.54) is 58.4 Å². The van der Waals surface area contributed by atoms with E-state index in [1.54, 1.807) is 10.8 Å². The molecule has 0 spiro atoms. The maximum Gasteiger partial charge on any atom is 0.400 e. The average molecular weight is 740 g/mol. The summed E-state index contributed by atoms with van der Waals surface area (Å²) in [5.74, 6) is -1.14.